The summed E-state index contributed by atoms with van der Waals surface area (Å²) in [5.74, 6) is 0. The predicted octanol–water partition coefficient (Wildman–Crippen LogP) is 2.58. The van der Waals surface area contributed by atoms with Crippen LogP contribution in [0.2, 0.25) is 0 Å². The first-order chi connectivity index (χ1) is 3.81. The second-order valence-corrected chi connectivity index (χ2v) is 2.22. The third kappa shape index (κ3) is 9.02. The summed E-state index contributed by atoms with van der Waals surface area (Å²) < 4.78 is 4.52. The van der Waals surface area contributed by atoms with Crippen LogP contribution in [0, 0.1) is 0 Å². The molecule has 1 nitrogen and oxygen atoms in total. The van der Waals surface area contributed by atoms with E-state index in [-0.39, 0.29) is 32.0 Å². The second-order valence-electron chi connectivity index (χ2n) is 2.04. The first kappa shape index (κ1) is 12.7. The van der Waals surface area contributed by atoms with Gasteiger partial charge in [0.15, 0.2) is 0 Å². The molecular weight excluding hydrogens is 148 g/mol. The van der Waals surface area contributed by atoms with E-state index in [1.807, 2.05) is 6.92 Å². The van der Waals surface area contributed by atoms with Crippen molar-refractivity contribution in [1.82, 2.24) is 0 Å². The van der Waals surface area contributed by atoms with Crippen molar-refractivity contribution in [2.75, 3.05) is 0 Å². The van der Waals surface area contributed by atoms with E-state index in [2.05, 4.69) is 11.2 Å². The SMILES string of the molecule is CCCCC(C)OCl.[H-].[H-].[Mg+2]. The van der Waals surface area contributed by atoms with Gasteiger partial charge in [-0.3, -0.25) is 4.29 Å². The van der Waals surface area contributed by atoms with Gasteiger partial charge in [0.05, 0.1) is 18.0 Å². The van der Waals surface area contributed by atoms with E-state index in [4.69, 9.17) is 11.9 Å². The van der Waals surface area contributed by atoms with Crippen LogP contribution in [0.4, 0.5) is 0 Å². The number of halogens is 1. The van der Waals surface area contributed by atoms with E-state index >= 15 is 0 Å². The van der Waals surface area contributed by atoms with Crippen molar-refractivity contribution in [2.24, 2.45) is 0 Å². The van der Waals surface area contributed by atoms with Crippen molar-refractivity contribution in [2.45, 2.75) is 39.2 Å². The van der Waals surface area contributed by atoms with Crippen LogP contribution < -0.4 is 0 Å². The third-order valence-electron chi connectivity index (χ3n) is 1.12. The number of hydrogen-bond acceptors (Lipinski definition) is 1. The molecule has 0 bridgehead atoms. The molecule has 1 unspecified atom stereocenters. The van der Waals surface area contributed by atoms with Gasteiger partial charge in [-0.2, -0.15) is 0 Å². The molecule has 0 aliphatic heterocycles. The Morgan fingerprint density at radius 2 is 2.22 bits per heavy atom. The summed E-state index contributed by atoms with van der Waals surface area (Å²) in [6.07, 6.45) is 3.70. The standard InChI is InChI=1S/C6H13ClO.Mg.2H/c1-3-4-5-6(2)8-7;;;/h6H,3-5H2,1-2H3;;;/q;+2;2*-1. The van der Waals surface area contributed by atoms with Crippen LogP contribution >= 0.6 is 11.9 Å². The van der Waals surface area contributed by atoms with Crippen molar-refractivity contribution in [3.05, 3.63) is 0 Å². The smallest absolute Gasteiger partial charge is 1.00 e. The Balaban J connectivity index is -0.0000000817. The second kappa shape index (κ2) is 9.02. The Hall–Kier alpha value is 1.02. The zero-order valence-corrected chi connectivity index (χ0v) is 8.36. The summed E-state index contributed by atoms with van der Waals surface area (Å²) in [7, 11) is 0. The van der Waals surface area contributed by atoms with Crippen LogP contribution in [-0.2, 0) is 4.29 Å². The number of hydrogen-bond donors (Lipinski definition) is 0. The van der Waals surface area contributed by atoms with E-state index < -0.39 is 0 Å². The van der Waals surface area contributed by atoms with Crippen molar-refractivity contribution in [3.8, 4) is 0 Å². The van der Waals surface area contributed by atoms with Gasteiger partial charge in [0, 0.05) is 0 Å². The van der Waals surface area contributed by atoms with Crippen LogP contribution in [0.3, 0.4) is 0 Å². The average molecular weight is 163 g/mol. The summed E-state index contributed by atoms with van der Waals surface area (Å²) in [4.78, 5) is 0. The van der Waals surface area contributed by atoms with E-state index in [9.17, 15) is 0 Å². The molecule has 1 atom stereocenters. The van der Waals surface area contributed by atoms with Gasteiger partial charge in [-0.05, 0) is 13.3 Å². The Bertz CT molecular complexity index is 59.8. The topological polar surface area (TPSA) is 9.23 Å². The number of unbranched alkanes of at least 4 members (excludes halogenated alkanes) is 1. The molecule has 54 valence electrons. The first-order valence-corrected chi connectivity index (χ1v) is 3.39. The van der Waals surface area contributed by atoms with Crippen LogP contribution in [-0.4, -0.2) is 29.2 Å². The summed E-state index contributed by atoms with van der Waals surface area (Å²) in [6, 6.07) is 0. The minimum atomic E-state index is 0. The van der Waals surface area contributed by atoms with Crippen LogP contribution in [0.1, 0.15) is 36.0 Å². The van der Waals surface area contributed by atoms with E-state index in [1.165, 1.54) is 12.8 Å². The summed E-state index contributed by atoms with van der Waals surface area (Å²) in [6.45, 7) is 4.13. The molecule has 0 saturated carbocycles. The van der Waals surface area contributed by atoms with E-state index in [1.54, 1.807) is 0 Å². The maximum Gasteiger partial charge on any atom is 2.00 e. The molecule has 0 N–H and O–H groups in total. The van der Waals surface area contributed by atoms with Crippen LogP contribution in [0.5, 0.6) is 0 Å². The Kier molecular flexibility index (Phi) is 12.7. The predicted molar refractivity (Wildman–Crippen MR) is 43.9 cm³/mol. The van der Waals surface area contributed by atoms with Gasteiger partial charge in [-0.1, -0.05) is 19.8 Å². The third-order valence-corrected chi connectivity index (χ3v) is 1.42. The quantitative estimate of drug-likeness (QED) is 0.578. The molecule has 9 heavy (non-hydrogen) atoms. The van der Waals surface area contributed by atoms with Gasteiger partial charge in [0.25, 0.3) is 0 Å². The maximum atomic E-state index is 5.09. The zero-order valence-electron chi connectivity index (χ0n) is 8.19. The van der Waals surface area contributed by atoms with Gasteiger partial charge in [0.2, 0.25) is 0 Å². The van der Waals surface area contributed by atoms with Gasteiger partial charge in [-0.25, -0.2) is 0 Å². The molecule has 0 radical (unpaired) electrons. The molecule has 0 aliphatic rings. The molecule has 0 rings (SSSR count). The van der Waals surface area contributed by atoms with Crippen LogP contribution in [0.15, 0.2) is 0 Å². The molecule has 0 amide bonds. The Morgan fingerprint density at radius 3 is 2.56 bits per heavy atom. The fourth-order valence-electron chi connectivity index (χ4n) is 0.536. The molecule has 0 fully saturated rings. The Labute approximate surface area is 81.4 Å². The normalized spacial score (nSPS) is 12.3. The number of rotatable bonds is 4. The molecule has 3 heteroatoms. The molecule has 0 saturated heterocycles. The van der Waals surface area contributed by atoms with Crippen molar-refractivity contribution >= 4 is 34.9 Å². The fourth-order valence-corrected chi connectivity index (χ4v) is 0.625. The Morgan fingerprint density at radius 1 is 1.67 bits per heavy atom. The van der Waals surface area contributed by atoms with Gasteiger partial charge in [0.1, 0.15) is 0 Å². The average Bonchev–Trinajstić information content (AvgIpc) is 1.83. The molecule has 0 heterocycles. The largest absolute Gasteiger partial charge is 2.00 e. The van der Waals surface area contributed by atoms with Crippen molar-refractivity contribution in [1.29, 1.82) is 0 Å². The monoisotopic (exact) mass is 162 g/mol. The molecular formula is C6H15ClMgO. The van der Waals surface area contributed by atoms with Gasteiger partial charge < -0.3 is 2.85 Å². The van der Waals surface area contributed by atoms with Crippen molar-refractivity contribution in [3.63, 3.8) is 0 Å². The van der Waals surface area contributed by atoms with Crippen molar-refractivity contribution < 1.29 is 7.14 Å². The summed E-state index contributed by atoms with van der Waals surface area (Å²) >= 11 is 5.09. The van der Waals surface area contributed by atoms with Gasteiger partial charge >= 0.3 is 23.1 Å². The van der Waals surface area contributed by atoms with E-state index in [0.717, 1.165) is 6.42 Å². The fraction of sp³-hybridized carbons (Fsp3) is 1.00. The van der Waals surface area contributed by atoms with Crippen LogP contribution in [0.25, 0.3) is 0 Å². The zero-order chi connectivity index (χ0) is 6.41. The summed E-state index contributed by atoms with van der Waals surface area (Å²) in [5.41, 5.74) is 0. The molecule has 0 aromatic carbocycles. The van der Waals surface area contributed by atoms with Gasteiger partial charge in [-0.15, -0.1) is 0 Å². The minimum absolute atomic E-state index is 0. The molecule has 0 aromatic heterocycles. The molecule has 0 spiro atoms. The maximum absolute atomic E-state index is 5.09. The van der Waals surface area contributed by atoms with E-state index in [0.29, 0.717) is 0 Å². The molecule has 0 aliphatic carbocycles. The minimum Gasteiger partial charge on any atom is -1.00 e. The first-order valence-electron chi connectivity index (χ1n) is 3.08. The summed E-state index contributed by atoms with van der Waals surface area (Å²) in [5, 5.41) is 0. The molecule has 0 aromatic rings.